The topological polar surface area (TPSA) is 12.4 Å². The van der Waals surface area contributed by atoms with Crippen molar-refractivity contribution in [3.8, 4) is 0 Å². The van der Waals surface area contributed by atoms with E-state index in [-0.39, 0.29) is 0 Å². The number of nitrogens with zero attached hydrogens (tertiary/aromatic N) is 1. The summed E-state index contributed by atoms with van der Waals surface area (Å²) >= 11 is 4.62. The summed E-state index contributed by atoms with van der Waals surface area (Å²) in [5.41, 5.74) is 2.82. The monoisotopic (exact) mass is 273 g/mol. The van der Waals surface area contributed by atoms with Crippen molar-refractivity contribution >= 4 is 23.1 Å². The molecule has 1 aliphatic carbocycles. The Morgan fingerprint density at radius 2 is 1.63 bits per heavy atom. The van der Waals surface area contributed by atoms with Gasteiger partial charge in [0.05, 0.1) is 10.8 Å². The standard InChI is InChI=1S/C17H23NS/c1-17(2,3)15-8-4-13(5-9-15)14-6-10-16(11-7-14)18-12-19/h6-7,10-11,13,15H,4-5,8-9H2,1-3H3. The highest BCUT2D eigenvalue weighted by Gasteiger charge is 2.30. The van der Waals surface area contributed by atoms with Crippen LogP contribution in [0, 0.1) is 11.3 Å². The van der Waals surface area contributed by atoms with Crippen LogP contribution in [0.25, 0.3) is 0 Å². The van der Waals surface area contributed by atoms with Gasteiger partial charge < -0.3 is 0 Å². The van der Waals surface area contributed by atoms with E-state index in [4.69, 9.17) is 0 Å². The van der Waals surface area contributed by atoms with E-state index in [0.717, 1.165) is 17.5 Å². The molecular formula is C17H23NS. The minimum absolute atomic E-state index is 0.461. The largest absolute Gasteiger partial charge is 0.195 e. The lowest BCUT2D eigenvalue weighted by Crippen LogP contribution is -2.25. The molecule has 0 amide bonds. The van der Waals surface area contributed by atoms with Gasteiger partial charge in [0.25, 0.3) is 0 Å². The van der Waals surface area contributed by atoms with Gasteiger partial charge in [-0.2, -0.15) is 4.99 Å². The highest BCUT2D eigenvalue weighted by molar-refractivity contribution is 7.78. The number of rotatable bonds is 2. The molecule has 0 bridgehead atoms. The van der Waals surface area contributed by atoms with Crippen molar-refractivity contribution in [2.24, 2.45) is 16.3 Å². The molecule has 1 aromatic rings. The number of thiocarbonyl (C=S) groups is 1. The Balaban J connectivity index is 1.99. The van der Waals surface area contributed by atoms with Gasteiger partial charge >= 0.3 is 0 Å². The van der Waals surface area contributed by atoms with Crippen LogP contribution in [0.1, 0.15) is 57.9 Å². The molecule has 1 nitrogen and oxygen atoms in total. The third-order valence-electron chi connectivity index (χ3n) is 4.49. The first-order valence-corrected chi connectivity index (χ1v) is 7.59. The maximum absolute atomic E-state index is 4.62. The van der Waals surface area contributed by atoms with E-state index in [1.165, 1.54) is 31.2 Å². The zero-order chi connectivity index (χ0) is 13.9. The number of hydrogen-bond acceptors (Lipinski definition) is 2. The second-order valence-electron chi connectivity index (χ2n) is 6.71. The molecular weight excluding hydrogens is 250 g/mol. The summed E-state index contributed by atoms with van der Waals surface area (Å²) in [7, 11) is 0. The zero-order valence-corrected chi connectivity index (χ0v) is 13.0. The Morgan fingerprint density at radius 3 is 2.11 bits per heavy atom. The van der Waals surface area contributed by atoms with E-state index >= 15 is 0 Å². The van der Waals surface area contributed by atoms with Crippen molar-refractivity contribution in [3.63, 3.8) is 0 Å². The predicted molar refractivity (Wildman–Crippen MR) is 85.3 cm³/mol. The fourth-order valence-electron chi connectivity index (χ4n) is 3.17. The Labute approximate surface area is 122 Å². The third kappa shape index (κ3) is 3.75. The molecule has 1 aliphatic rings. The van der Waals surface area contributed by atoms with Crippen LogP contribution in [0.2, 0.25) is 0 Å². The summed E-state index contributed by atoms with van der Waals surface area (Å²) in [6.07, 6.45) is 5.34. The molecule has 0 saturated heterocycles. The van der Waals surface area contributed by atoms with Crippen LogP contribution < -0.4 is 0 Å². The molecule has 19 heavy (non-hydrogen) atoms. The molecule has 0 N–H and O–H groups in total. The maximum Gasteiger partial charge on any atom is 0.0739 e. The molecule has 0 aromatic heterocycles. The first-order chi connectivity index (χ1) is 9.00. The Bertz CT molecular complexity index is 455. The lowest BCUT2D eigenvalue weighted by atomic mass is 9.69. The molecule has 1 saturated carbocycles. The summed E-state index contributed by atoms with van der Waals surface area (Å²) in [5.74, 6) is 1.60. The number of aliphatic imine (C=N–C) groups is 1. The van der Waals surface area contributed by atoms with Gasteiger partial charge in [-0.15, -0.1) is 0 Å². The summed E-state index contributed by atoms with van der Waals surface area (Å²) in [5, 5.41) is 2.41. The molecule has 0 aliphatic heterocycles. The Kier molecular flexibility index (Phi) is 4.54. The van der Waals surface area contributed by atoms with E-state index in [9.17, 15) is 0 Å². The van der Waals surface area contributed by atoms with E-state index in [0.29, 0.717) is 5.41 Å². The lowest BCUT2D eigenvalue weighted by molar-refractivity contribution is 0.169. The van der Waals surface area contributed by atoms with E-state index < -0.39 is 0 Å². The van der Waals surface area contributed by atoms with Gasteiger partial charge in [0.2, 0.25) is 0 Å². The first-order valence-electron chi connectivity index (χ1n) is 7.18. The van der Waals surface area contributed by atoms with Gasteiger partial charge in [-0.05, 0) is 72.8 Å². The summed E-state index contributed by atoms with van der Waals surface area (Å²) in [6, 6.07) is 8.50. The molecule has 2 heteroatoms. The van der Waals surface area contributed by atoms with Gasteiger partial charge in [-0.25, -0.2) is 0 Å². The van der Waals surface area contributed by atoms with Crippen LogP contribution in [0.5, 0.6) is 0 Å². The average Bonchev–Trinajstić information content (AvgIpc) is 2.39. The number of benzene rings is 1. The first kappa shape index (κ1) is 14.4. The fraction of sp³-hybridized carbons (Fsp3) is 0.588. The van der Waals surface area contributed by atoms with Crippen molar-refractivity contribution in [1.29, 1.82) is 0 Å². The van der Waals surface area contributed by atoms with Crippen molar-refractivity contribution in [2.45, 2.75) is 52.4 Å². The van der Waals surface area contributed by atoms with E-state index in [2.05, 4.69) is 55.3 Å². The minimum Gasteiger partial charge on any atom is -0.195 e. The molecule has 0 radical (unpaired) electrons. The normalized spacial score (nSPS) is 23.7. The zero-order valence-electron chi connectivity index (χ0n) is 12.1. The summed E-state index contributed by atoms with van der Waals surface area (Å²) in [4.78, 5) is 4.00. The van der Waals surface area contributed by atoms with Crippen molar-refractivity contribution in [2.75, 3.05) is 0 Å². The summed E-state index contributed by atoms with van der Waals surface area (Å²) < 4.78 is 0. The van der Waals surface area contributed by atoms with Gasteiger partial charge in [0, 0.05) is 0 Å². The minimum atomic E-state index is 0.461. The molecule has 0 heterocycles. The Hall–Kier alpha value is -0.980. The summed E-state index contributed by atoms with van der Waals surface area (Å²) in [6.45, 7) is 7.11. The van der Waals surface area contributed by atoms with Crippen LogP contribution in [-0.2, 0) is 0 Å². The van der Waals surface area contributed by atoms with Crippen LogP contribution in [0.4, 0.5) is 5.69 Å². The Morgan fingerprint density at radius 1 is 1.05 bits per heavy atom. The number of isothiocyanates is 1. The van der Waals surface area contributed by atoms with Crippen LogP contribution in [0.15, 0.2) is 29.3 Å². The third-order valence-corrected chi connectivity index (χ3v) is 4.58. The van der Waals surface area contributed by atoms with Crippen LogP contribution >= 0.6 is 12.2 Å². The second-order valence-corrected chi connectivity index (χ2v) is 6.89. The molecule has 0 unspecified atom stereocenters. The molecule has 0 spiro atoms. The highest BCUT2D eigenvalue weighted by Crippen LogP contribution is 2.43. The van der Waals surface area contributed by atoms with Crippen LogP contribution in [0.3, 0.4) is 0 Å². The lowest BCUT2D eigenvalue weighted by Gasteiger charge is -2.37. The van der Waals surface area contributed by atoms with E-state index in [1.807, 2.05) is 12.1 Å². The van der Waals surface area contributed by atoms with Crippen molar-refractivity contribution in [1.82, 2.24) is 0 Å². The number of hydrogen-bond donors (Lipinski definition) is 0. The predicted octanol–water partition coefficient (Wildman–Crippen LogP) is 5.74. The molecule has 102 valence electrons. The van der Waals surface area contributed by atoms with Gasteiger partial charge in [0.1, 0.15) is 0 Å². The maximum atomic E-state index is 4.62. The van der Waals surface area contributed by atoms with Gasteiger partial charge in [0.15, 0.2) is 0 Å². The molecule has 2 rings (SSSR count). The van der Waals surface area contributed by atoms with Crippen LogP contribution in [-0.4, -0.2) is 5.16 Å². The van der Waals surface area contributed by atoms with Gasteiger partial charge in [-0.3, -0.25) is 0 Å². The average molecular weight is 273 g/mol. The highest BCUT2D eigenvalue weighted by atomic mass is 32.1. The van der Waals surface area contributed by atoms with Gasteiger partial charge in [-0.1, -0.05) is 32.9 Å². The van der Waals surface area contributed by atoms with E-state index in [1.54, 1.807) is 0 Å². The SMILES string of the molecule is CC(C)(C)C1CCC(c2ccc(N=C=S)cc2)CC1. The fourth-order valence-corrected chi connectivity index (χ4v) is 3.27. The smallest absolute Gasteiger partial charge is 0.0739 e. The molecule has 1 aromatic carbocycles. The quantitative estimate of drug-likeness (QED) is 0.494. The molecule has 0 atom stereocenters. The van der Waals surface area contributed by atoms with Crippen molar-refractivity contribution < 1.29 is 0 Å². The second kappa shape index (κ2) is 5.98. The molecule has 1 fully saturated rings. The van der Waals surface area contributed by atoms with Crippen molar-refractivity contribution in [3.05, 3.63) is 29.8 Å².